The molecule has 127 heavy (non-hydrogen) atoms. The van der Waals surface area contributed by atoms with Crippen LogP contribution in [0.3, 0.4) is 0 Å². The number of hydrogen-bond acceptors (Lipinski definition) is 24. The van der Waals surface area contributed by atoms with Crippen molar-refractivity contribution in [1.82, 2.24) is 72.3 Å². The van der Waals surface area contributed by atoms with E-state index in [1.807, 2.05) is 13.8 Å². The van der Waals surface area contributed by atoms with Gasteiger partial charge in [0.1, 0.15) is 0 Å². The Bertz CT molecular complexity index is 5230. The number of primary amides is 1. The summed E-state index contributed by atoms with van der Waals surface area (Å²) in [5, 5.41) is 29.4. The molecular formula is C78H126ClN17O24S7. The molecule has 0 radical (unpaired) electrons. The number of amides is 8. The number of carbonyl (C=O) groups is 9. The number of H-pyrrole nitrogens is 1. The molecule has 1 aliphatic carbocycles. The highest BCUT2D eigenvalue weighted by molar-refractivity contribution is 7.90. The first-order chi connectivity index (χ1) is 58.9. The maximum absolute atomic E-state index is 14.7. The number of halogens is 1. The molecule has 1 saturated carbocycles. The Morgan fingerprint density at radius 2 is 0.890 bits per heavy atom. The lowest BCUT2D eigenvalue weighted by Gasteiger charge is -2.34. The minimum atomic E-state index is -4.57. The second kappa shape index (κ2) is 49.9. The summed E-state index contributed by atoms with van der Waals surface area (Å²) in [7, 11) is -30.8. The molecule has 49 heteroatoms. The third-order valence-corrected chi connectivity index (χ3v) is 30.7. The van der Waals surface area contributed by atoms with Gasteiger partial charge in [-0.1, -0.05) is 114 Å². The molecular weight excluding hydrogens is 1820 g/mol. The molecule has 41 nitrogen and oxygen atoms in total. The van der Waals surface area contributed by atoms with Gasteiger partial charge in [-0.25, -0.2) is 58.9 Å². The van der Waals surface area contributed by atoms with E-state index in [2.05, 4.69) is 42.2 Å². The first-order valence-corrected chi connectivity index (χ1v) is 53.9. The third-order valence-electron chi connectivity index (χ3n) is 20.4. The number of sulfonamides is 7. The van der Waals surface area contributed by atoms with E-state index in [-0.39, 0.29) is 73.4 Å². The Balaban J connectivity index is 1.41. The fourth-order valence-electron chi connectivity index (χ4n) is 14.4. The number of aliphatic carboxylic acids is 1. The van der Waals surface area contributed by atoms with Gasteiger partial charge in [-0.15, -0.1) is 0 Å². The number of para-hydroxylation sites is 1. The van der Waals surface area contributed by atoms with Crippen LogP contribution in [-0.4, -0.2) is 330 Å². The highest BCUT2D eigenvalue weighted by Crippen LogP contribution is 2.31. The van der Waals surface area contributed by atoms with Gasteiger partial charge in [-0.05, 0) is 118 Å². The minimum absolute atomic E-state index is 0.00313. The van der Waals surface area contributed by atoms with Crippen molar-refractivity contribution in [1.29, 1.82) is 0 Å². The SMILES string of the molecule is CC(=O)N[C@@H](CC(C)C)CN(CC(=O)N[C@@H](Cc1ccccc1)CN(CC(=O)N[C@@H](CCC(=O)O)CN(CC(=O)N[C@@H](Cc1c[nH]c2ccccc12)CN(CC(=O)N[C@@H](CCCCN)CN(CC(=O)N[C@@H](CC1CCC1)CN(CC(=O)N[C@@H](C)CN(CC(N)=O)S(C)(=O)=O)S(=O)(=O)CC(C)C)S(C)(=O)=O)S(C)(=O)=O)S(C)(=O)=O)S(C)(=O)=O)S(=O)(=O)c1ccc(Cl)cc1. The first-order valence-electron chi connectivity index (χ1n) is 41.2. The number of carboxylic acids is 1. The van der Waals surface area contributed by atoms with E-state index < -0.39 is 275 Å². The summed E-state index contributed by atoms with van der Waals surface area (Å²) in [6.45, 7) is -0.671. The second-order valence-electron chi connectivity index (χ2n) is 33.3. The number of aromatic nitrogens is 1. The number of unbranched alkanes of at least 4 members (excludes halogenated alkanes) is 1. The molecule has 13 N–H and O–H groups in total. The maximum atomic E-state index is 14.7. The van der Waals surface area contributed by atoms with Crippen LogP contribution in [0.5, 0.6) is 0 Å². The molecule has 1 aromatic heterocycles. The average molecular weight is 1950 g/mol. The predicted octanol–water partition coefficient (Wildman–Crippen LogP) is -0.958. The molecule has 716 valence electrons. The van der Waals surface area contributed by atoms with Crippen LogP contribution in [-0.2, 0) is 126 Å². The van der Waals surface area contributed by atoms with Gasteiger partial charge in [0.25, 0.3) is 0 Å². The van der Waals surface area contributed by atoms with Gasteiger partial charge in [-0.2, -0.15) is 30.1 Å². The fourth-order valence-corrected chi connectivity index (χ4v) is 21.8. The van der Waals surface area contributed by atoms with Crippen molar-refractivity contribution in [2.45, 2.75) is 166 Å². The Labute approximate surface area is 751 Å². The van der Waals surface area contributed by atoms with Crippen molar-refractivity contribution in [3.05, 3.63) is 101 Å². The molecule has 0 saturated heterocycles. The summed E-state index contributed by atoms with van der Waals surface area (Å²) >= 11 is 6.11. The van der Waals surface area contributed by atoms with Crippen molar-refractivity contribution in [3.63, 3.8) is 0 Å². The number of aromatic amines is 1. The number of rotatable bonds is 60. The standard InChI is InChI=1S/C78H126ClN17O24S7/c1-54(2)34-64(84-57(6)97)45-96(127(119,120)68-30-27-61(79)28-31-68)52-77(104)87-65(35-58-20-13-12-14-21-58)42-93(124(10,113)114)48-74(101)86-63(29-32-78(105)106)41-92(123(9,111)112)50-76(103)89-67(37-60-38-82-70-26-16-15-25-69(60)70)43-94(125(11,115)116)47-73(100)85-62(24-17-18-33-80)40-91(122(8,109)110)49-75(102)88-66(36-59-22-19-23-59)44-95(126(117,118)53-55(3)4)51-72(99)83-56(5)39-90(46-71(81)98)121(7,107)108/h12-16,20-21,25-28,30-31,38,54-56,59,62-67,82H,17-19,22-24,29,32-37,39-53,80H2,1-11H3,(H2,81,98)(H,83,99)(H,84,97)(H,85,100)(H,86,101)(H,87,104)(H,88,102)(H,89,103)(H,105,106)/t56-,62-,63-,64-,65-,66-,67-/m0/s1. The molecule has 1 heterocycles. The highest BCUT2D eigenvalue weighted by Gasteiger charge is 2.38. The molecule has 1 aliphatic rings. The van der Waals surface area contributed by atoms with E-state index in [9.17, 15) is 107 Å². The Kier molecular flexibility index (Phi) is 43.0. The topological polar surface area (TPSA) is 588 Å². The molecule has 8 amide bonds. The monoisotopic (exact) mass is 1940 g/mol. The zero-order valence-electron chi connectivity index (χ0n) is 73.5. The van der Waals surface area contributed by atoms with Gasteiger partial charge in [0.05, 0.1) is 87.7 Å². The third kappa shape index (κ3) is 40.1. The van der Waals surface area contributed by atoms with Crippen molar-refractivity contribution >= 4 is 146 Å². The largest absolute Gasteiger partial charge is 0.481 e. The second-order valence-corrected chi connectivity index (χ2v) is 47.6. The zero-order valence-corrected chi connectivity index (χ0v) is 80.0. The number of nitrogens with one attached hydrogen (secondary N) is 8. The summed E-state index contributed by atoms with van der Waals surface area (Å²) in [4.78, 5) is 125. The van der Waals surface area contributed by atoms with E-state index in [4.69, 9.17) is 23.1 Å². The van der Waals surface area contributed by atoms with Crippen LogP contribution in [0.4, 0.5) is 0 Å². The quantitative estimate of drug-likeness (QED) is 0.0237. The van der Waals surface area contributed by atoms with Gasteiger partial charge < -0.3 is 58.8 Å². The number of benzene rings is 3. The van der Waals surface area contributed by atoms with Crippen LogP contribution >= 0.6 is 11.6 Å². The lowest BCUT2D eigenvalue weighted by atomic mass is 9.81. The molecule has 0 unspecified atom stereocenters. The average Bonchev–Trinajstić information content (AvgIpc) is 1.45. The number of hydrogen-bond donors (Lipinski definition) is 11. The molecule has 0 aliphatic heterocycles. The number of fused-ring (bicyclic) bond motifs is 1. The van der Waals surface area contributed by atoms with Crippen molar-refractivity contribution in [3.8, 4) is 0 Å². The van der Waals surface area contributed by atoms with Gasteiger partial charge in [0.15, 0.2) is 0 Å². The van der Waals surface area contributed by atoms with E-state index in [1.165, 1.54) is 38.1 Å². The van der Waals surface area contributed by atoms with Crippen LogP contribution in [0.2, 0.25) is 5.02 Å². The summed E-state index contributed by atoms with van der Waals surface area (Å²) in [5.74, 6) is -9.79. The van der Waals surface area contributed by atoms with Crippen molar-refractivity contribution < 1.29 is 107 Å². The summed E-state index contributed by atoms with van der Waals surface area (Å²) < 4.78 is 198. The summed E-state index contributed by atoms with van der Waals surface area (Å²) in [6.07, 6.45) is 7.17. The molecule has 0 bridgehead atoms. The minimum Gasteiger partial charge on any atom is -0.481 e. The van der Waals surface area contributed by atoms with E-state index in [1.54, 1.807) is 74.6 Å². The van der Waals surface area contributed by atoms with Crippen LogP contribution in [0, 0.1) is 17.8 Å². The Hall–Kier alpha value is -7.95. The first kappa shape index (κ1) is 110. The smallest absolute Gasteiger partial charge is 0.303 e. The number of nitrogens with two attached hydrogens (primary N) is 2. The molecule has 4 aromatic rings. The van der Waals surface area contributed by atoms with Crippen LogP contribution in [0.25, 0.3) is 10.9 Å². The molecule has 5 rings (SSSR count). The normalized spacial score (nSPS) is 15.1. The number of nitrogens with zero attached hydrogens (tertiary/aromatic N) is 7. The molecule has 3 aromatic carbocycles. The van der Waals surface area contributed by atoms with Gasteiger partial charge in [-0.3, -0.25) is 43.2 Å². The predicted molar refractivity (Wildman–Crippen MR) is 480 cm³/mol. The van der Waals surface area contributed by atoms with Gasteiger partial charge >= 0.3 is 5.97 Å². The Morgan fingerprint density at radius 1 is 0.472 bits per heavy atom. The fraction of sp³-hybridized carbons (Fsp3) is 0.628. The van der Waals surface area contributed by atoms with E-state index in [0.717, 1.165) is 48.7 Å². The van der Waals surface area contributed by atoms with Crippen LogP contribution in [0.1, 0.15) is 117 Å². The van der Waals surface area contributed by atoms with Crippen LogP contribution < -0.4 is 48.7 Å². The molecule has 7 atom stereocenters. The summed E-state index contributed by atoms with van der Waals surface area (Å²) in [6, 6.07) is 12.3. The van der Waals surface area contributed by atoms with Crippen molar-refractivity contribution in [2.75, 3.05) is 135 Å². The highest BCUT2D eigenvalue weighted by atomic mass is 35.5. The van der Waals surface area contributed by atoms with E-state index >= 15 is 0 Å². The maximum Gasteiger partial charge on any atom is 0.303 e. The lowest BCUT2D eigenvalue weighted by molar-refractivity contribution is -0.137. The van der Waals surface area contributed by atoms with Crippen LogP contribution in [0.15, 0.2) is 90.0 Å². The Morgan fingerprint density at radius 3 is 1.34 bits per heavy atom. The van der Waals surface area contributed by atoms with E-state index in [0.29, 0.717) is 60.5 Å². The molecule has 1 fully saturated rings. The van der Waals surface area contributed by atoms with Crippen molar-refractivity contribution in [2.24, 2.45) is 29.2 Å². The zero-order chi connectivity index (χ0) is 95.3. The number of carbonyl (C=O) groups excluding carboxylic acids is 8. The summed E-state index contributed by atoms with van der Waals surface area (Å²) in [5.41, 5.74) is 12.8. The number of carboxylic acid groups (broad SMARTS) is 1. The van der Waals surface area contributed by atoms with Gasteiger partial charge in [0.2, 0.25) is 117 Å². The molecule has 0 spiro atoms. The van der Waals surface area contributed by atoms with Gasteiger partial charge in [0, 0.05) is 124 Å². The lowest BCUT2D eigenvalue weighted by Crippen LogP contribution is -2.55.